The number of nitrogens with one attached hydrogen (secondary N) is 1. The van der Waals surface area contributed by atoms with Gasteiger partial charge in [-0.1, -0.05) is 18.6 Å². The zero-order valence-corrected chi connectivity index (χ0v) is 9.29. The Morgan fingerprint density at radius 2 is 2.20 bits per heavy atom. The molecule has 2 nitrogen and oxygen atoms in total. The van der Waals surface area contributed by atoms with E-state index in [1.807, 2.05) is 19.2 Å². The maximum absolute atomic E-state index is 9.41. The Hall–Kier alpha value is -1.02. The van der Waals surface area contributed by atoms with Crippen molar-refractivity contribution in [1.82, 2.24) is 5.32 Å². The second kappa shape index (κ2) is 4.23. The van der Waals surface area contributed by atoms with Crippen molar-refractivity contribution in [3.8, 4) is 5.75 Å². The second-order valence-electron chi connectivity index (χ2n) is 4.73. The summed E-state index contributed by atoms with van der Waals surface area (Å²) in [6, 6.07) is 7.65. The van der Waals surface area contributed by atoms with Crippen molar-refractivity contribution in [2.75, 3.05) is 13.6 Å². The van der Waals surface area contributed by atoms with Crippen molar-refractivity contribution >= 4 is 0 Å². The van der Waals surface area contributed by atoms with Crippen LogP contribution in [0.3, 0.4) is 0 Å². The van der Waals surface area contributed by atoms with Crippen LogP contribution >= 0.6 is 0 Å². The maximum atomic E-state index is 9.41. The van der Waals surface area contributed by atoms with Gasteiger partial charge in [-0.15, -0.1) is 0 Å². The summed E-state index contributed by atoms with van der Waals surface area (Å²) in [5.41, 5.74) is 1.70. The molecule has 15 heavy (non-hydrogen) atoms. The molecule has 0 unspecified atom stereocenters. The predicted octanol–water partition coefficient (Wildman–Crippen LogP) is 2.32. The summed E-state index contributed by atoms with van der Waals surface area (Å²) in [6.07, 6.45) is 5.05. The Morgan fingerprint density at radius 3 is 2.73 bits per heavy atom. The lowest BCUT2D eigenvalue weighted by atomic mass is 9.65. The Labute approximate surface area is 91.3 Å². The molecule has 2 heteroatoms. The van der Waals surface area contributed by atoms with E-state index >= 15 is 0 Å². The number of phenolic OH excluding ortho intramolecular Hbond substituents is 1. The molecule has 2 rings (SSSR count). The molecule has 1 saturated carbocycles. The fraction of sp³-hybridized carbons (Fsp3) is 0.538. The van der Waals surface area contributed by atoms with E-state index in [1.54, 1.807) is 6.07 Å². The summed E-state index contributed by atoms with van der Waals surface area (Å²) >= 11 is 0. The van der Waals surface area contributed by atoms with Crippen LogP contribution in [0.2, 0.25) is 0 Å². The van der Waals surface area contributed by atoms with E-state index in [1.165, 1.54) is 24.8 Å². The predicted molar refractivity (Wildman–Crippen MR) is 62.0 cm³/mol. The van der Waals surface area contributed by atoms with Gasteiger partial charge in [-0.2, -0.15) is 0 Å². The second-order valence-corrected chi connectivity index (χ2v) is 4.73. The van der Waals surface area contributed by atoms with Crippen molar-refractivity contribution in [2.45, 2.75) is 25.7 Å². The van der Waals surface area contributed by atoms with Crippen LogP contribution < -0.4 is 5.32 Å². The maximum Gasteiger partial charge on any atom is 0.115 e. The van der Waals surface area contributed by atoms with Gasteiger partial charge in [-0.25, -0.2) is 0 Å². The van der Waals surface area contributed by atoms with E-state index in [0.717, 1.165) is 13.0 Å². The molecule has 0 bridgehead atoms. The van der Waals surface area contributed by atoms with Crippen molar-refractivity contribution in [1.29, 1.82) is 0 Å². The lowest BCUT2D eigenvalue weighted by molar-refractivity contribution is 0.133. The number of hydrogen-bond donors (Lipinski definition) is 2. The van der Waals surface area contributed by atoms with Gasteiger partial charge in [0.15, 0.2) is 0 Å². The standard InChI is InChI=1S/C13H19NO/c1-14-10-13(6-3-7-13)9-11-4-2-5-12(15)8-11/h2,4-5,8,14-15H,3,6-7,9-10H2,1H3. The fourth-order valence-corrected chi connectivity index (χ4v) is 2.57. The highest BCUT2D eigenvalue weighted by Gasteiger charge is 2.36. The SMILES string of the molecule is CNCC1(Cc2cccc(O)c2)CCC1. The number of hydrogen-bond acceptors (Lipinski definition) is 2. The number of aromatic hydroxyl groups is 1. The Bertz CT molecular complexity index is 331. The van der Waals surface area contributed by atoms with Crippen LogP contribution in [0.25, 0.3) is 0 Å². The molecule has 0 spiro atoms. The van der Waals surface area contributed by atoms with Crippen LogP contribution in [0.5, 0.6) is 5.75 Å². The zero-order valence-electron chi connectivity index (χ0n) is 9.29. The summed E-state index contributed by atoms with van der Waals surface area (Å²) in [6.45, 7) is 1.09. The molecule has 0 heterocycles. The molecule has 0 saturated heterocycles. The topological polar surface area (TPSA) is 32.3 Å². The molecule has 0 amide bonds. The minimum atomic E-state index is 0.381. The van der Waals surface area contributed by atoms with Gasteiger partial charge in [0, 0.05) is 6.54 Å². The molecule has 0 radical (unpaired) electrons. The molecule has 0 aromatic heterocycles. The molecular weight excluding hydrogens is 186 g/mol. The van der Waals surface area contributed by atoms with Crippen molar-refractivity contribution in [3.05, 3.63) is 29.8 Å². The van der Waals surface area contributed by atoms with E-state index in [9.17, 15) is 5.11 Å². The van der Waals surface area contributed by atoms with E-state index in [4.69, 9.17) is 0 Å². The average Bonchev–Trinajstić information content (AvgIpc) is 2.15. The van der Waals surface area contributed by atoms with Gasteiger partial charge in [0.2, 0.25) is 0 Å². The molecular formula is C13H19NO. The monoisotopic (exact) mass is 205 g/mol. The number of phenols is 1. The van der Waals surface area contributed by atoms with Crippen LogP contribution in [-0.4, -0.2) is 18.7 Å². The fourth-order valence-electron chi connectivity index (χ4n) is 2.57. The minimum absolute atomic E-state index is 0.381. The minimum Gasteiger partial charge on any atom is -0.508 e. The summed E-state index contributed by atoms with van der Waals surface area (Å²) in [4.78, 5) is 0. The number of benzene rings is 1. The zero-order chi connectivity index (χ0) is 10.7. The smallest absolute Gasteiger partial charge is 0.115 e. The van der Waals surface area contributed by atoms with Crippen molar-refractivity contribution in [3.63, 3.8) is 0 Å². The van der Waals surface area contributed by atoms with Crippen LogP contribution in [0.15, 0.2) is 24.3 Å². The van der Waals surface area contributed by atoms with E-state index in [2.05, 4.69) is 11.4 Å². The van der Waals surface area contributed by atoms with E-state index in [0.29, 0.717) is 11.2 Å². The Kier molecular flexibility index (Phi) is 2.96. The molecule has 1 aromatic carbocycles. The first-order valence-corrected chi connectivity index (χ1v) is 5.67. The van der Waals surface area contributed by atoms with Gasteiger partial charge in [0.25, 0.3) is 0 Å². The van der Waals surface area contributed by atoms with Crippen LogP contribution in [0.4, 0.5) is 0 Å². The summed E-state index contributed by atoms with van der Waals surface area (Å²) < 4.78 is 0. The summed E-state index contributed by atoms with van der Waals surface area (Å²) in [5, 5.41) is 12.7. The molecule has 1 aliphatic rings. The van der Waals surface area contributed by atoms with Gasteiger partial charge >= 0.3 is 0 Å². The third-order valence-electron chi connectivity index (χ3n) is 3.46. The summed E-state index contributed by atoms with van der Waals surface area (Å²) in [7, 11) is 2.02. The van der Waals surface area contributed by atoms with Gasteiger partial charge in [0.05, 0.1) is 0 Å². The Morgan fingerprint density at radius 1 is 1.40 bits per heavy atom. The van der Waals surface area contributed by atoms with Gasteiger partial charge in [-0.05, 0) is 49.4 Å². The Balaban J connectivity index is 2.06. The molecule has 1 aromatic rings. The highest BCUT2D eigenvalue weighted by Crippen LogP contribution is 2.43. The van der Waals surface area contributed by atoms with Crippen molar-refractivity contribution < 1.29 is 5.11 Å². The lowest BCUT2D eigenvalue weighted by Gasteiger charge is -2.42. The normalized spacial score (nSPS) is 18.5. The largest absolute Gasteiger partial charge is 0.508 e. The first-order valence-electron chi connectivity index (χ1n) is 5.67. The molecule has 0 aliphatic heterocycles. The van der Waals surface area contributed by atoms with Crippen LogP contribution in [-0.2, 0) is 6.42 Å². The van der Waals surface area contributed by atoms with Gasteiger partial charge < -0.3 is 10.4 Å². The highest BCUT2D eigenvalue weighted by molar-refractivity contribution is 5.28. The van der Waals surface area contributed by atoms with Gasteiger partial charge in [-0.3, -0.25) is 0 Å². The highest BCUT2D eigenvalue weighted by atomic mass is 16.3. The van der Waals surface area contributed by atoms with Crippen LogP contribution in [0, 0.1) is 5.41 Å². The van der Waals surface area contributed by atoms with E-state index in [-0.39, 0.29) is 0 Å². The molecule has 2 N–H and O–H groups in total. The third kappa shape index (κ3) is 2.32. The first-order chi connectivity index (χ1) is 7.24. The van der Waals surface area contributed by atoms with Crippen LogP contribution in [0.1, 0.15) is 24.8 Å². The average molecular weight is 205 g/mol. The summed E-state index contributed by atoms with van der Waals surface area (Å²) in [5.74, 6) is 0.381. The quantitative estimate of drug-likeness (QED) is 0.790. The third-order valence-corrected chi connectivity index (χ3v) is 3.46. The number of rotatable bonds is 4. The molecule has 1 aliphatic carbocycles. The van der Waals surface area contributed by atoms with Gasteiger partial charge in [0.1, 0.15) is 5.75 Å². The molecule has 0 atom stereocenters. The van der Waals surface area contributed by atoms with E-state index < -0.39 is 0 Å². The molecule has 82 valence electrons. The molecule has 1 fully saturated rings. The first kappa shape index (κ1) is 10.5. The lowest BCUT2D eigenvalue weighted by Crippen LogP contribution is -2.40. The van der Waals surface area contributed by atoms with Crippen molar-refractivity contribution in [2.24, 2.45) is 5.41 Å².